The molecule has 1 saturated carbocycles. The SMILES string of the molecule is CCCc1nn(-c2ccccc2)c2c1C1C(O)C(C=C3N(C)c4ccc(Cl)cc4C3(C)C)C1[O][Al][O]2. The molecular formula is C28H30AlClN3O3. The average Bonchev–Trinajstić information content (AvgIpc) is 3.21. The second kappa shape index (κ2) is 8.94. The summed E-state index contributed by atoms with van der Waals surface area (Å²) < 4.78 is 14.5. The van der Waals surface area contributed by atoms with Crippen LogP contribution in [0.1, 0.15) is 49.9 Å². The lowest BCUT2D eigenvalue weighted by atomic mass is 9.64. The highest BCUT2D eigenvalue weighted by Gasteiger charge is 2.55. The Hall–Kier alpha value is -2.27. The molecule has 1 aliphatic carbocycles. The first-order valence-electron chi connectivity index (χ1n) is 12.6. The van der Waals surface area contributed by atoms with Gasteiger partial charge in [0.15, 0.2) is 5.88 Å². The molecule has 1 fully saturated rings. The summed E-state index contributed by atoms with van der Waals surface area (Å²) in [5.41, 5.74) is 6.21. The van der Waals surface area contributed by atoms with Gasteiger partial charge in [-0.3, -0.25) is 0 Å². The van der Waals surface area contributed by atoms with E-state index < -0.39 is 22.0 Å². The molecule has 8 heteroatoms. The fourth-order valence-electron chi connectivity index (χ4n) is 6.13. The molecule has 1 radical (unpaired) electrons. The number of anilines is 1. The number of hydrogen-bond acceptors (Lipinski definition) is 5. The van der Waals surface area contributed by atoms with Gasteiger partial charge < -0.3 is 17.6 Å². The van der Waals surface area contributed by atoms with Crippen molar-refractivity contribution in [3.63, 3.8) is 0 Å². The Morgan fingerprint density at radius 3 is 2.72 bits per heavy atom. The van der Waals surface area contributed by atoms with Crippen LogP contribution in [0.25, 0.3) is 5.69 Å². The first kappa shape index (κ1) is 24.1. The summed E-state index contributed by atoms with van der Waals surface area (Å²) in [5, 5.41) is 17.3. The van der Waals surface area contributed by atoms with Crippen molar-refractivity contribution in [3.05, 3.63) is 82.1 Å². The Morgan fingerprint density at radius 2 is 1.97 bits per heavy atom. The van der Waals surface area contributed by atoms with Crippen molar-refractivity contribution in [1.82, 2.24) is 9.78 Å². The third-order valence-electron chi connectivity index (χ3n) is 7.99. The van der Waals surface area contributed by atoms with Crippen molar-refractivity contribution in [2.24, 2.45) is 5.92 Å². The van der Waals surface area contributed by atoms with E-state index in [-0.39, 0.29) is 23.4 Å². The fraction of sp³-hybridized carbons (Fsp3) is 0.393. The average molecular weight is 519 g/mol. The summed E-state index contributed by atoms with van der Waals surface area (Å²) in [7, 11) is 2.08. The predicted molar refractivity (Wildman–Crippen MR) is 142 cm³/mol. The highest BCUT2D eigenvalue weighted by molar-refractivity contribution is 6.30. The van der Waals surface area contributed by atoms with E-state index in [9.17, 15) is 5.11 Å². The number of para-hydroxylation sites is 1. The van der Waals surface area contributed by atoms with Crippen LogP contribution in [0.3, 0.4) is 0 Å². The van der Waals surface area contributed by atoms with E-state index in [1.54, 1.807) is 0 Å². The molecule has 1 aromatic heterocycles. The third kappa shape index (κ3) is 3.56. The molecule has 4 atom stereocenters. The van der Waals surface area contributed by atoms with E-state index in [0.29, 0.717) is 0 Å². The number of likely N-dealkylation sites (N-methyl/N-ethyl adjacent to an activating group) is 1. The zero-order valence-electron chi connectivity index (χ0n) is 21.0. The van der Waals surface area contributed by atoms with Gasteiger partial charge in [-0.05, 0) is 42.3 Å². The summed E-state index contributed by atoms with van der Waals surface area (Å²) in [6.45, 7) is 6.57. The molecule has 0 saturated heterocycles. The van der Waals surface area contributed by atoms with Gasteiger partial charge in [0.25, 0.3) is 0 Å². The fourth-order valence-corrected chi connectivity index (χ4v) is 7.15. The maximum Gasteiger partial charge on any atom is 0.775 e. The van der Waals surface area contributed by atoms with Gasteiger partial charge in [0.2, 0.25) is 0 Å². The number of allylic oxidation sites excluding steroid dienone is 1. The summed E-state index contributed by atoms with van der Waals surface area (Å²) in [6.07, 6.45) is 3.28. The minimum absolute atomic E-state index is 0.131. The normalized spacial score (nSPS) is 26.8. The predicted octanol–water partition coefficient (Wildman–Crippen LogP) is 5.18. The van der Waals surface area contributed by atoms with E-state index in [4.69, 9.17) is 24.3 Å². The molecule has 2 aromatic carbocycles. The Bertz CT molecular complexity index is 1340. The molecular weight excluding hydrogens is 489 g/mol. The van der Waals surface area contributed by atoms with Gasteiger partial charge in [0.05, 0.1) is 17.5 Å². The first-order chi connectivity index (χ1) is 17.3. The molecule has 3 aromatic rings. The number of benzene rings is 2. The molecule has 0 bridgehead atoms. The van der Waals surface area contributed by atoms with Gasteiger partial charge in [-0.2, -0.15) is 5.10 Å². The van der Waals surface area contributed by atoms with E-state index in [1.165, 1.54) is 5.56 Å². The summed E-state index contributed by atoms with van der Waals surface area (Å²) in [4.78, 5) is 2.22. The van der Waals surface area contributed by atoms with Crippen LogP contribution >= 0.6 is 11.6 Å². The largest absolute Gasteiger partial charge is 0.775 e. The van der Waals surface area contributed by atoms with Crippen molar-refractivity contribution in [2.75, 3.05) is 11.9 Å². The minimum Gasteiger partial charge on any atom is -0.612 e. The van der Waals surface area contributed by atoms with Crippen molar-refractivity contribution in [2.45, 2.75) is 57.2 Å². The van der Waals surface area contributed by atoms with Crippen molar-refractivity contribution < 1.29 is 12.7 Å². The topological polar surface area (TPSA) is 59.8 Å². The number of nitrogens with zero attached hydrogens (tertiary/aromatic N) is 3. The monoisotopic (exact) mass is 518 g/mol. The Kier molecular flexibility index (Phi) is 5.98. The van der Waals surface area contributed by atoms with Gasteiger partial charge >= 0.3 is 15.9 Å². The van der Waals surface area contributed by atoms with Crippen molar-refractivity contribution in [3.8, 4) is 11.6 Å². The molecule has 4 unspecified atom stereocenters. The number of rotatable bonds is 4. The quantitative estimate of drug-likeness (QED) is 0.483. The number of aromatic nitrogens is 2. The number of aryl methyl sites for hydroxylation is 1. The van der Waals surface area contributed by atoms with Gasteiger partial charge in [-0.1, -0.05) is 63.1 Å². The second-order valence-electron chi connectivity index (χ2n) is 10.5. The Balaban J connectivity index is 1.38. The molecule has 0 amide bonds. The van der Waals surface area contributed by atoms with Crippen LogP contribution in [-0.4, -0.2) is 50.0 Å². The van der Waals surface area contributed by atoms with E-state index in [1.807, 2.05) is 41.1 Å². The highest BCUT2D eigenvalue weighted by Crippen LogP contribution is 2.54. The van der Waals surface area contributed by atoms with E-state index in [0.717, 1.165) is 52.1 Å². The van der Waals surface area contributed by atoms with Gasteiger partial charge in [-0.15, -0.1) is 0 Å². The molecule has 185 valence electrons. The highest BCUT2D eigenvalue weighted by atomic mass is 35.5. The van der Waals surface area contributed by atoms with Gasteiger partial charge in [-0.25, -0.2) is 4.68 Å². The van der Waals surface area contributed by atoms with Crippen LogP contribution in [0.2, 0.25) is 5.02 Å². The van der Waals surface area contributed by atoms with Crippen LogP contribution < -0.4 is 8.69 Å². The van der Waals surface area contributed by atoms with Crippen LogP contribution in [0, 0.1) is 5.92 Å². The lowest BCUT2D eigenvalue weighted by Gasteiger charge is -2.48. The van der Waals surface area contributed by atoms with E-state index >= 15 is 0 Å². The van der Waals surface area contributed by atoms with E-state index in [2.05, 4.69) is 50.9 Å². The Labute approximate surface area is 223 Å². The van der Waals surface area contributed by atoms with Crippen LogP contribution in [0.5, 0.6) is 5.88 Å². The molecule has 3 heterocycles. The first-order valence-corrected chi connectivity index (χ1v) is 13.9. The second-order valence-corrected chi connectivity index (χ2v) is 11.6. The molecule has 0 spiro atoms. The standard InChI is InChI=1S/C28H31ClN3O3.Al/c1-5-9-20-23(27(35)32(30-20)17-10-7-6-8-11-17)24-25(33)18(26(24)34)15-22-28(2,3)19-14-16(29)12-13-21(19)31(22)4;/h6-8,10-15,18,24-26,33,35H,5,9H2,1-4H3;/q-1;+2/p-1. The van der Waals surface area contributed by atoms with Crippen molar-refractivity contribution in [1.29, 1.82) is 0 Å². The van der Waals surface area contributed by atoms with Crippen LogP contribution in [-0.2, 0) is 15.6 Å². The lowest BCUT2D eigenvalue weighted by molar-refractivity contribution is -0.0813. The zero-order valence-corrected chi connectivity index (χ0v) is 22.9. The van der Waals surface area contributed by atoms with Gasteiger partial charge in [0.1, 0.15) is 0 Å². The molecule has 6 nitrogen and oxygen atoms in total. The third-order valence-corrected chi connectivity index (χ3v) is 8.97. The summed E-state index contributed by atoms with van der Waals surface area (Å²) >= 11 is 5.61. The zero-order chi connectivity index (χ0) is 25.2. The molecule has 1 N–H and O–H groups in total. The minimum atomic E-state index is -0.734. The summed E-state index contributed by atoms with van der Waals surface area (Å²) in [5.74, 6) is 0.424. The van der Waals surface area contributed by atoms with Crippen LogP contribution in [0.4, 0.5) is 5.69 Å². The Morgan fingerprint density at radius 1 is 1.19 bits per heavy atom. The van der Waals surface area contributed by atoms with Crippen LogP contribution in [0.15, 0.2) is 60.3 Å². The smallest absolute Gasteiger partial charge is 0.612 e. The molecule has 3 aliphatic rings. The lowest BCUT2D eigenvalue weighted by Crippen LogP contribution is -2.54. The molecule has 2 aliphatic heterocycles. The number of aliphatic hydroxyl groups is 1. The van der Waals surface area contributed by atoms with Crippen molar-refractivity contribution >= 4 is 33.2 Å². The summed E-state index contributed by atoms with van der Waals surface area (Å²) in [6, 6.07) is 16.1. The van der Waals surface area contributed by atoms with Gasteiger partial charge in [0, 0.05) is 52.4 Å². The molecule has 36 heavy (non-hydrogen) atoms. The number of halogens is 1. The number of aliphatic hydroxyl groups excluding tert-OH is 1. The number of fused-ring (bicyclic) bond motifs is 4. The number of hydrogen-bond donors (Lipinski definition) is 1. The molecule has 6 rings (SSSR count). The maximum absolute atomic E-state index is 11.6. The maximum atomic E-state index is 11.6.